The molecule has 4 rings (SSSR count). The predicted molar refractivity (Wildman–Crippen MR) is 87.9 cm³/mol. The molecule has 0 radical (unpaired) electrons. The molecule has 1 aliphatic rings. The van der Waals surface area contributed by atoms with E-state index in [4.69, 9.17) is 4.52 Å². The molecule has 3 aromatic rings. The minimum atomic E-state index is -0.220. The Morgan fingerprint density at radius 1 is 1.33 bits per heavy atom. The Hall–Kier alpha value is -2.89. The fourth-order valence-corrected chi connectivity index (χ4v) is 2.67. The molecule has 0 saturated heterocycles. The van der Waals surface area contributed by atoms with Crippen LogP contribution in [0.15, 0.2) is 53.3 Å². The zero-order chi connectivity index (χ0) is 16.5. The van der Waals surface area contributed by atoms with Crippen LogP contribution in [0.3, 0.4) is 0 Å². The maximum Gasteiger partial charge on any atom is 0.273 e. The number of hydrogen-bond donors (Lipinski definition) is 1. The van der Waals surface area contributed by atoms with E-state index in [1.165, 1.54) is 0 Å². The van der Waals surface area contributed by atoms with Gasteiger partial charge in [0, 0.05) is 24.4 Å². The zero-order valence-electron chi connectivity index (χ0n) is 13.3. The Labute approximate surface area is 139 Å². The second-order valence-corrected chi connectivity index (χ2v) is 6.13. The summed E-state index contributed by atoms with van der Waals surface area (Å²) in [6.07, 6.45) is 5.86. The van der Waals surface area contributed by atoms with Gasteiger partial charge in [-0.05, 0) is 43.5 Å². The van der Waals surface area contributed by atoms with Crippen LogP contribution in [-0.2, 0) is 0 Å². The van der Waals surface area contributed by atoms with Crippen LogP contribution in [0.25, 0.3) is 5.69 Å². The average Bonchev–Trinajstić information content (AvgIpc) is 3.12. The monoisotopic (exact) mass is 322 g/mol. The molecule has 0 bridgehead atoms. The van der Waals surface area contributed by atoms with Gasteiger partial charge < -0.3 is 9.84 Å². The van der Waals surface area contributed by atoms with Gasteiger partial charge in [-0.2, -0.15) is 5.10 Å². The topological polar surface area (TPSA) is 73.0 Å². The molecule has 1 fully saturated rings. The van der Waals surface area contributed by atoms with Crippen molar-refractivity contribution in [2.45, 2.75) is 31.7 Å². The van der Waals surface area contributed by atoms with E-state index in [0.717, 1.165) is 29.9 Å². The first kappa shape index (κ1) is 14.7. The lowest BCUT2D eigenvalue weighted by Gasteiger charge is -2.14. The van der Waals surface area contributed by atoms with Crippen molar-refractivity contribution in [3.05, 3.63) is 65.8 Å². The van der Waals surface area contributed by atoms with Crippen LogP contribution in [0.4, 0.5) is 0 Å². The van der Waals surface area contributed by atoms with Crippen molar-refractivity contribution in [3.8, 4) is 5.69 Å². The Bertz CT molecular complexity index is 850. The van der Waals surface area contributed by atoms with Gasteiger partial charge in [0.2, 0.25) is 0 Å². The van der Waals surface area contributed by atoms with Gasteiger partial charge in [0.15, 0.2) is 5.69 Å². The maximum absolute atomic E-state index is 12.3. The van der Waals surface area contributed by atoms with Gasteiger partial charge in [0.1, 0.15) is 5.76 Å². The number of rotatable bonds is 5. The summed E-state index contributed by atoms with van der Waals surface area (Å²) in [5.74, 6) is 1.04. The van der Waals surface area contributed by atoms with Gasteiger partial charge in [0.25, 0.3) is 5.91 Å². The van der Waals surface area contributed by atoms with Crippen molar-refractivity contribution in [2.24, 2.45) is 0 Å². The highest BCUT2D eigenvalue weighted by Crippen LogP contribution is 2.40. The summed E-state index contributed by atoms with van der Waals surface area (Å²) in [6.45, 7) is 1.95. The van der Waals surface area contributed by atoms with Crippen molar-refractivity contribution in [2.75, 3.05) is 0 Å². The van der Waals surface area contributed by atoms with Crippen LogP contribution in [0, 0.1) is 0 Å². The van der Waals surface area contributed by atoms with Gasteiger partial charge in [0.05, 0.1) is 11.7 Å². The summed E-state index contributed by atoms with van der Waals surface area (Å²) in [7, 11) is 0. The summed E-state index contributed by atoms with van der Waals surface area (Å²) < 4.78 is 7.03. The number of carbonyl (C=O) groups excluding carboxylic acids is 1. The number of amides is 1. The van der Waals surface area contributed by atoms with Crippen LogP contribution < -0.4 is 5.32 Å². The first-order valence-electron chi connectivity index (χ1n) is 8.08. The molecular formula is C18H18N4O2. The van der Waals surface area contributed by atoms with E-state index in [1.54, 1.807) is 16.9 Å². The van der Waals surface area contributed by atoms with Crippen LogP contribution >= 0.6 is 0 Å². The van der Waals surface area contributed by atoms with Crippen molar-refractivity contribution in [1.29, 1.82) is 0 Å². The number of aromatic nitrogens is 3. The molecule has 2 aromatic heterocycles. The number of benzene rings is 1. The van der Waals surface area contributed by atoms with Crippen LogP contribution in [0.2, 0.25) is 0 Å². The minimum Gasteiger partial charge on any atom is -0.360 e. The summed E-state index contributed by atoms with van der Waals surface area (Å²) >= 11 is 0. The number of nitrogens with zero attached hydrogens (tertiary/aromatic N) is 3. The lowest BCUT2D eigenvalue weighted by Crippen LogP contribution is -2.27. The Kier molecular flexibility index (Phi) is 3.65. The van der Waals surface area contributed by atoms with Crippen molar-refractivity contribution in [1.82, 2.24) is 20.3 Å². The molecule has 1 amide bonds. The molecule has 1 atom stereocenters. The highest BCUT2D eigenvalue weighted by atomic mass is 16.5. The van der Waals surface area contributed by atoms with Gasteiger partial charge in [-0.3, -0.25) is 4.79 Å². The molecule has 0 aliphatic heterocycles. The fraction of sp³-hybridized carbons (Fsp3) is 0.278. The van der Waals surface area contributed by atoms with Gasteiger partial charge in [-0.1, -0.05) is 17.3 Å². The highest BCUT2D eigenvalue weighted by Gasteiger charge is 2.29. The Balaban J connectivity index is 1.48. The predicted octanol–water partition coefficient (Wildman–Crippen LogP) is 3.23. The Morgan fingerprint density at radius 3 is 2.96 bits per heavy atom. The van der Waals surface area contributed by atoms with Crippen molar-refractivity contribution in [3.63, 3.8) is 0 Å². The standard InChI is InChI=1S/C18H18N4O2/c1-12(14-4-2-5-15(10-14)22-9-3-8-19-22)20-18(23)16-11-17(24-21-16)13-6-7-13/h2-5,8-13H,6-7H2,1H3,(H,20,23)/t12-/m1/s1. The molecule has 1 N–H and O–H groups in total. The molecule has 6 nitrogen and oxygen atoms in total. The molecule has 0 unspecified atom stereocenters. The number of nitrogens with one attached hydrogen (secondary N) is 1. The first-order chi connectivity index (χ1) is 11.7. The summed E-state index contributed by atoms with van der Waals surface area (Å²) in [4.78, 5) is 12.3. The molecule has 0 spiro atoms. The molecular weight excluding hydrogens is 304 g/mol. The third-order valence-electron chi connectivity index (χ3n) is 4.23. The number of hydrogen-bond acceptors (Lipinski definition) is 4. The summed E-state index contributed by atoms with van der Waals surface area (Å²) in [5, 5.41) is 11.1. The number of carbonyl (C=O) groups is 1. The zero-order valence-corrected chi connectivity index (χ0v) is 13.3. The molecule has 1 aromatic carbocycles. The fourth-order valence-electron chi connectivity index (χ4n) is 2.67. The second-order valence-electron chi connectivity index (χ2n) is 6.13. The van der Waals surface area contributed by atoms with E-state index in [9.17, 15) is 4.79 Å². The van der Waals surface area contributed by atoms with E-state index >= 15 is 0 Å². The molecule has 122 valence electrons. The molecule has 6 heteroatoms. The van der Waals surface area contributed by atoms with Crippen LogP contribution in [0.1, 0.15) is 53.5 Å². The average molecular weight is 322 g/mol. The molecule has 1 aliphatic carbocycles. The van der Waals surface area contributed by atoms with Crippen LogP contribution in [0.5, 0.6) is 0 Å². The third kappa shape index (κ3) is 2.95. The molecule has 24 heavy (non-hydrogen) atoms. The van der Waals surface area contributed by atoms with E-state index in [0.29, 0.717) is 11.6 Å². The quantitative estimate of drug-likeness (QED) is 0.783. The molecule has 2 heterocycles. The summed E-state index contributed by atoms with van der Waals surface area (Å²) in [5.41, 5.74) is 2.30. The normalized spacial score (nSPS) is 15.2. The van der Waals surface area contributed by atoms with Crippen molar-refractivity contribution >= 4 is 5.91 Å². The smallest absolute Gasteiger partial charge is 0.273 e. The highest BCUT2D eigenvalue weighted by molar-refractivity contribution is 5.92. The van der Waals surface area contributed by atoms with Gasteiger partial charge in [-0.25, -0.2) is 4.68 Å². The van der Waals surface area contributed by atoms with E-state index < -0.39 is 0 Å². The molecule has 1 saturated carbocycles. The first-order valence-corrected chi connectivity index (χ1v) is 8.08. The van der Waals surface area contributed by atoms with Gasteiger partial charge >= 0.3 is 0 Å². The van der Waals surface area contributed by atoms with E-state index in [-0.39, 0.29) is 11.9 Å². The third-order valence-corrected chi connectivity index (χ3v) is 4.23. The Morgan fingerprint density at radius 2 is 2.21 bits per heavy atom. The largest absolute Gasteiger partial charge is 0.360 e. The lowest BCUT2D eigenvalue weighted by molar-refractivity contribution is 0.0930. The lowest BCUT2D eigenvalue weighted by atomic mass is 10.1. The van der Waals surface area contributed by atoms with E-state index in [2.05, 4.69) is 15.6 Å². The van der Waals surface area contributed by atoms with Crippen molar-refractivity contribution < 1.29 is 9.32 Å². The maximum atomic E-state index is 12.3. The van der Waals surface area contributed by atoms with Gasteiger partial charge in [-0.15, -0.1) is 0 Å². The van der Waals surface area contributed by atoms with E-state index in [1.807, 2.05) is 43.5 Å². The minimum absolute atomic E-state index is 0.144. The second kappa shape index (κ2) is 5.96. The summed E-state index contributed by atoms with van der Waals surface area (Å²) in [6, 6.07) is 11.4. The van der Waals surface area contributed by atoms with Crippen LogP contribution in [-0.4, -0.2) is 20.8 Å². The SMILES string of the molecule is C[C@@H](NC(=O)c1cc(C2CC2)on1)c1cccc(-n2cccn2)c1.